The molecule has 132 valence electrons. The number of ether oxygens (including phenoxy) is 3. The highest BCUT2D eigenvalue weighted by molar-refractivity contribution is 5.95. The highest BCUT2D eigenvalue weighted by Crippen LogP contribution is 2.31. The van der Waals surface area contributed by atoms with Crippen LogP contribution in [-0.4, -0.2) is 52.4 Å². The fraction of sp³-hybridized carbons (Fsp3) is 0.529. The number of methoxy groups -OCH3 is 2. The van der Waals surface area contributed by atoms with Crippen LogP contribution < -0.4 is 15.4 Å². The molecular weight excluding hydrogens is 312 g/mol. The van der Waals surface area contributed by atoms with E-state index in [1.165, 1.54) is 7.11 Å². The summed E-state index contributed by atoms with van der Waals surface area (Å²) in [5.41, 5.74) is 0.0967. The number of nitrogens with one attached hydrogen (secondary N) is 2. The number of carbonyl (C=O) groups excluding carboxylic acids is 2. The van der Waals surface area contributed by atoms with Crippen LogP contribution in [0.15, 0.2) is 24.3 Å². The van der Waals surface area contributed by atoms with E-state index in [4.69, 9.17) is 9.47 Å². The predicted molar refractivity (Wildman–Crippen MR) is 89.0 cm³/mol. The van der Waals surface area contributed by atoms with Gasteiger partial charge in [-0.3, -0.25) is 4.79 Å². The fourth-order valence-electron chi connectivity index (χ4n) is 2.75. The number of rotatable bonds is 7. The van der Waals surface area contributed by atoms with Gasteiger partial charge in [-0.2, -0.15) is 0 Å². The third kappa shape index (κ3) is 4.69. The Hall–Kier alpha value is -2.12. The second-order valence-corrected chi connectivity index (χ2v) is 5.81. The van der Waals surface area contributed by atoms with Crippen LogP contribution in [-0.2, 0) is 19.1 Å². The predicted octanol–water partition coefficient (Wildman–Crippen LogP) is 1.19. The summed E-state index contributed by atoms with van der Waals surface area (Å²) in [6.45, 7) is 1.80. The van der Waals surface area contributed by atoms with Gasteiger partial charge in [0.2, 0.25) is 5.91 Å². The number of amides is 1. The fourth-order valence-corrected chi connectivity index (χ4v) is 2.75. The monoisotopic (exact) mass is 336 g/mol. The SMILES string of the molecule is COCC1(C(=O)Nc2cccc(OCC(=O)OC)c2)CCNCC1. The molecule has 0 aliphatic carbocycles. The highest BCUT2D eigenvalue weighted by atomic mass is 16.6. The Kier molecular flexibility index (Phi) is 6.57. The molecule has 1 aliphatic heterocycles. The van der Waals surface area contributed by atoms with Crippen LogP contribution in [0.2, 0.25) is 0 Å². The molecule has 0 atom stereocenters. The summed E-state index contributed by atoms with van der Waals surface area (Å²) < 4.78 is 15.2. The van der Waals surface area contributed by atoms with Crippen molar-refractivity contribution in [2.75, 3.05) is 45.8 Å². The van der Waals surface area contributed by atoms with Gasteiger partial charge in [0.15, 0.2) is 6.61 Å². The molecule has 0 aromatic heterocycles. The molecule has 2 rings (SSSR count). The van der Waals surface area contributed by atoms with Crippen LogP contribution in [0.5, 0.6) is 5.75 Å². The lowest BCUT2D eigenvalue weighted by molar-refractivity contribution is -0.142. The van der Waals surface area contributed by atoms with E-state index in [1.807, 2.05) is 0 Å². The van der Waals surface area contributed by atoms with Crippen LogP contribution in [0, 0.1) is 5.41 Å². The van der Waals surface area contributed by atoms with Crippen LogP contribution in [0.1, 0.15) is 12.8 Å². The van der Waals surface area contributed by atoms with Gasteiger partial charge >= 0.3 is 5.97 Å². The summed E-state index contributed by atoms with van der Waals surface area (Å²) in [5.74, 6) is -0.0292. The molecule has 1 aliphatic rings. The van der Waals surface area contributed by atoms with Crippen LogP contribution in [0.25, 0.3) is 0 Å². The zero-order valence-corrected chi connectivity index (χ0v) is 14.1. The first-order valence-electron chi connectivity index (χ1n) is 7.90. The Balaban J connectivity index is 2.03. The van der Waals surface area contributed by atoms with E-state index >= 15 is 0 Å². The number of anilines is 1. The summed E-state index contributed by atoms with van der Waals surface area (Å²) in [7, 11) is 2.91. The normalized spacial score (nSPS) is 16.2. The summed E-state index contributed by atoms with van der Waals surface area (Å²) in [5, 5.41) is 6.20. The second kappa shape index (κ2) is 8.65. The Bertz CT molecular complexity index is 564. The molecule has 0 saturated carbocycles. The van der Waals surface area contributed by atoms with Gasteiger partial charge in [0, 0.05) is 18.9 Å². The average Bonchev–Trinajstić information content (AvgIpc) is 2.61. The van der Waals surface area contributed by atoms with Crippen LogP contribution in [0.3, 0.4) is 0 Å². The Morgan fingerprint density at radius 1 is 1.25 bits per heavy atom. The third-order valence-electron chi connectivity index (χ3n) is 4.14. The van der Waals surface area contributed by atoms with E-state index in [2.05, 4.69) is 15.4 Å². The highest BCUT2D eigenvalue weighted by Gasteiger charge is 2.39. The van der Waals surface area contributed by atoms with Crippen molar-refractivity contribution in [3.8, 4) is 5.75 Å². The zero-order valence-electron chi connectivity index (χ0n) is 14.1. The van der Waals surface area contributed by atoms with Gasteiger partial charge in [0.05, 0.1) is 19.1 Å². The van der Waals surface area contributed by atoms with E-state index in [0.29, 0.717) is 18.0 Å². The molecule has 0 unspecified atom stereocenters. The van der Waals surface area contributed by atoms with Gasteiger partial charge in [0.25, 0.3) is 0 Å². The van der Waals surface area contributed by atoms with Crippen molar-refractivity contribution >= 4 is 17.6 Å². The lowest BCUT2D eigenvalue weighted by atomic mass is 9.78. The van der Waals surface area contributed by atoms with E-state index in [9.17, 15) is 9.59 Å². The van der Waals surface area contributed by atoms with Crippen molar-refractivity contribution in [3.05, 3.63) is 24.3 Å². The van der Waals surface area contributed by atoms with Gasteiger partial charge in [-0.05, 0) is 38.1 Å². The molecule has 24 heavy (non-hydrogen) atoms. The topological polar surface area (TPSA) is 85.9 Å². The maximum absolute atomic E-state index is 12.8. The van der Waals surface area contributed by atoms with E-state index < -0.39 is 11.4 Å². The lowest BCUT2D eigenvalue weighted by Gasteiger charge is -2.35. The number of benzene rings is 1. The van der Waals surface area contributed by atoms with E-state index in [-0.39, 0.29) is 12.5 Å². The number of hydrogen-bond acceptors (Lipinski definition) is 6. The maximum atomic E-state index is 12.8. The van der Waals surface area contributed by atoms with Crippen LogP contribution in [0.4, 0.5) is 5.69 Å². The van der Waals surface area contributed by atoms with Crippen molar-refractivity contribution in [3.63, 3.8) is 0 Å². The molecule has 0 spiro atoms. The van der Waals surface area contributed by atoms with Gasteiger partial charge in [-0.25, -0.2) is 4.79 Å². The summed E-state index contributed by atoms with van der Waals surface area (Å²) in [4.78, 5) is 23.9. The quantitative estimate of drug-likeness (QED) is 0.728. The molecule has 7 nitrogen and oxygen atoms in total. The average molecular weight is 336 g/mol. The smallest absolute Gasteiger partial charge is 0.343 e. The number of carbonyl (C=O) groups is 2. The molecule has 1 saturated heterocycles. The van der Waals surface area contributed by atoms with Crippen molar-refractivity contribution in [1.82, 2.24) is 5.32 Å². The Morgan fingerprint density at radius 2 is 2.00 bits per heavy atom. The van der Waals surface area contributed by atoms with E-state index in [0.717, 1.165) is 25.9 Å². The number of piperidine rings is 1. The zero-order chi connectivity index (χ0) is 17.4. The molecule has 1 aromatic carbocycles. The maximum Gasteiger partial charge on any atom is 0.343 e. The van der Waals surface area contributed by atoms with Crippen molar-refractivity contribution < 1.29 is 23.8 Å². The number of esters is 1. The molecule has 1 amide bonds. The Morgan fingerprint density at radius 3 is 2.67 bits per heavy atom. The minimum absolute atomic E-state index is 0.0593. The van der Waals surface area contributed by atoms with Crippen LogP contribution >= 0.6 is 0 Å². The molecule has 2 N–H and O–H groups in total. The first kappa shape index (κ1) is 18.2. The standard InChI is InChI=1S/C17H24N2O5/c1-22-12-17(6-8-18-9-7-17)16(21)19-13-4-3-5-14(10-13)24-11-15(20)23-2/h3-5,10,18H,6-9,11-12H2,1-2H3,(H,19,21). The minimum Gasteiger partial charge on any atom is -0.482 e. The van der Waals surface area contributed by atoms with Gasteiger partial charge in [-0.1, -0.05) is 6.07 Å². The lowest BCUT2D eigenvalue weighted by Crippen LogP contribution is -2.47. The number of hydrogen-bond donors (Lipinski definition) is 2. The molecule has 1 aromatic rings. The van der Waals surface area contributed by atoms with Gasteiger partial charge in [0.1, 0.15) is 5.75 Å². The van der Waals surface area contributed by atoms with Gasteiger partial charge < -0.3 is 24.8 Å². The summed E-state index contributed by atoms with van der Waals surface area (Å²) in [6.07, 6.45) is 1.45. The molecule has 0 radical (unpaired) electrons. The molecule has 1 heterocycles. The minimum atomic E-state index is -0.525. The van der Waals surface area contributed by atoms with Crippen molar-refractivity contribution in [1.29, 1.82) is 0 Å². The van der Waals surface area contributed by atoms with Gasteiger partial charge in [-0.15, -0.1) is 0 Å². The molecule has 7 heteroatoms. The third-order valence-corrected chi connectivity index (χ3v) is 4.14. The largest absolute Gasteiger partial charge is 0.482 e. The second-order valence-electron chi connectivity index (χ2n) is 5.81. The van der Waals surface area contributed by atoms with Crippen molar-refractivity contribution in [2.45, 2.75) is 12.8 Å². The first-order valence-corrected chi connectivity index (χ1v) is 7.90. The summed E-state index contributed by atoms with van der Waals surface area (Å²) in [6, 6.07) is 6.94. The molecular formula is C17H24N2O5. The van der Waals surface area contributed by atoms with E-state index in [1.54, 1.807) is 31.4 Å². The molecule has 1 fully saturated rings. The Labute approximate surface area is 141 Å². The summed E-state index contributed by atoms with van der Waals surface area (Å²) >= 11 is 0. The molecule has 0 bridgehead atoms. The first-order chi connectivity index (χ1) is 11.6. The van der Waals surface area contributed by atoms with Crippen molar-refractivity contribution in [2.24, 2.45) is 5.41 Å².